The molecule has 0 amide bonds. The van der Waals surface area contributed by atoms with Crippen LogP contribution >= 0.6 is 0 Å². The Hall–Kier alpha value is -2.05. The fourth-order valence-electron chi connectivity index (χ4n) is 4.41. The van der Waals surface area contributed by atoms with E-state index in [-0.39, 0.29) is 11.5 Å². The fourth-order valence-corrected chi connectivity index (χ4v) is 5.06. The number of phenols is 2. The number of likely N-dealkylation sites (tertiary alicyclic amines) is 1. The quantitative estimate of drug-likeness (QED) is 0.552. The van der Waals surface area contributed by atoms with Crippen LogP contribution in [0.5, 0.6) is 11.5 Å². The van der Waals surface area contributed by atoms with Crippen molar-refractivity contribution in [3.63, 3.8) is 0 Å². The molecule has 2 atom stereocenters. The molecule has 0 radical (unpaired) electrons. The van der Waals surface area contributed by atoms with Crippen LogP contribution in [0.15, 0.2) is 47.4 Å². The third-order valence-electron chi connectivity index (χ3n) is 6.30. The second-order valence-electron chi connectivity index (χ2n) is 9.35. The number of rotatable bonds is 5. The topological polar surface area (TPSA) is 77.8 Å². The monoisotopic (exact) mass is 475 g/mol. The molecular formula is C27H41NO4S. The van der Waals surface area contributed by atoms with Crippen LogP contribution in [0.1, 0.15) is 64.0 Å². The van der Waals surface area contributed by atoms with Crippen molar-refractivity contribution >= 4 is 9.84 Å². The number of aromatic hydroxyl groups is 2. The van der Waals surface area contributed by atoms with E-state index in [9.17, 15) is 18.6 Å². The molecule has 6 heteroatoms. The predicted molar refractivity (Wildman–Crippen MR) is 136 cm³/mol. The average molecular weight is 476 g/mol. The molecule has 2 aliphatic rings. The van der Waals surface area contributed by atoms with Crippen LogP contribution < -0.4 is 0 Å². The van der Waals surface area contributed by atoms with E-state index in [4.69, 9.17) is 0 Å². The molecule has 0 spiro atoms. The molecule has 1 fully saturated rings. The van der Waals surface area contributed by atoms with Gasteiger partial charge in [0.15, 0.2) is 9.84 Å². The largest absolute Gasteiger partial charge is 0.508 e. The van der Waals surface area contributed by atoms with Gasteiger partial charge in [-0.1, -0.05) is 64.7 Å². The lowest BCUT2D eigenvalue weighted by atomic mass is 10.1. The molecule has 2 aromatic carbocycles. The van der Waals surface area contributed by atoms with E-state index in [1.807, 2.05) is 0 Å². The summed E-state index contributed by atoms with van der Waals surface area (Å²) in [5, 5.41) is 19.3. The normalized spacial score (nSPS) is 19.8. The van der Waals surface area contributed by atoms with Crippen molar-refractivity contribution < 1.29 is 18.6 Å². The maximum Gasteiger partial charge on any atom is 0.175 e. The van der Waals surface area contributed by atoms with Crippen molar-refractivity contribution in [3.05, 3.63) is 53.6 Å². The highest BCUT2D eigenvalue weighted by Crippen LogP contribution is 2.36. The fraction of sp³-hybridized carbons (Fsp3) is 0.556. The van der Waals surface area contributed by atoms with Crippen LogP contribution in [0.2, 0.25) is 0 Å². The smallest absolute Gasteiger partial charge is 0.175 e. The summed E-state index contributed by atoms with van der Waals surface area (Å²) in [6, 6.07) is 12.1. The van der Waals surface area contributed by atoms with Crippen molar-refractivity contribution in [2.45, 2.75) is 76.7 Å². The van der Waals surface area contributed by atoms with Gasteiger partial charge in [-0.15, -0.1) is 0 Å². The number of fused-ring (bicyclic) bond motifs is 1. The van der Waals surface area contributed by atoms with E-state index < -0.39 is 9.84 Å². The molecule has 4 rings (SSSR count). The maximum atomic E-state index is 10.8. The zero-order valence-electron chi connectivity index (χ0n) is 20.6. The predicted octanol–water partition coefficient (Wildman–Crippen LogP) is 5.58. The molecule has 2 N–H and O–H groups in total. The van der Waals surface area contributed by atoms with Gasteiger partial charge in [-0.3, -0.25) is 4.90 Å². The molecule has 2 unspecified atom stereocenters. The second-order valence-corrected chi connectivity index (χ2v) is 11.4. The lowest BCUT2D eigenvalue weighted by Crippen LogP contribution is -2.33. The SMILES string of the molecule is CC1CCN(C2Cc3cc(O)cc(O)c3C2)C1.CCCCCC.CS(=O)(=O)c1ccccc1. The molecule has 1 saturated heterocycles. The molecular weight excluding hydrogens is 434 g/mol. The second kappa shape index (κ2) is 13.0. The Morgan fingerprint density at radius 2 is 1.64 bits per heavy atom. The maximum absolute atomic E-state index is 10.8. The van der Waals surface area contributed by atoms with E-state index in [0.29, 0.717) is 10.9 Å². The molecule has 5 nitrogen and oxygen atoms in total. The van der Waals surface area contributed by atoms with Crippen molar-refractivity contribution in [1.29, 1.82) is 0 Å². The molecule has 0 aromatic heterocycles. The lowest BCUT2D eigenvalue weighted by molar-refractivity contribution is 0.242. The van der Waals surface area contributed by atoms with Crippen molar-refractivity contribution in [2.75, 3.05) is 19.3 Å². The summed E-state index contributed by atoms with van der Waals surface area (Å²) in [5.41, 5.74) is 2.15. The van der Waals surface area contributed by atoms with Gasteiger partial charge in [-0.2, -0.15) is 0 Å². The van der Waals surface area contributed by atoms with Gasteiger partial charge in [-0.05, 0) is 61.1 Å². The van der Waals surface area contributed by atoms with Gasteiger partial charge in [0.25, 0.3) is 0 Å². The summed E-state index contributed by atoms with van der Waals surface area (Å²) in [6.07, 6.45) is 9.90. The van der Waals surface area contributed by atoms with Crippen molar-refractivity contribution in [2.24, 2.45) is 5.92 Å². The van der Waals surface area contributed by atoms with Crippen LogP contribution in [-0.4, -0.2) is 48.9 Å². The highest BCUT2D eigenvalue weighted by atomic mass is 32.2. The van der Waals surface area contributed by atoms with Gasteiger partial charge in [0, 0.05) is 24.9 Å². The lowest BCUT2D eigenvalue weighted by Gasteiger charge is -2.23. The first kappa shape index (κ1) is 27.2. The van der Waals surface area contributed by atoms with Crippen LogP contribution in [0.3, 0.4) is 0 Å². The third kappa shape index (κ3) is 8.67. The van der Waals surface area contributed by atoms with Gasteiger partial charge in [-0.25, -0.2) is 8.42 Å². The zero-order chi connectivity index (χ0) is 24.4. The number of phenolic OH excluding ortho intramolecular Hbond substituents is 2. The average Bonchev–Trinajstić information content (AvgIpc) is 3.39. The van der Waals surface area contributed by atoms with Crippen LogP contribution in [0, 0.1) is 5.92 Å². The molecule has 2 aromatic rings. The van der Waals surface area contributed by atoms with E-state index in [2.05, 4.69) is 25.7 Å². The molecule has 33 heavy (non-hydrogen) atoms. The molecule has 1 heterocycles. The van der Waals surface area contributed by atoms with Gasteiger partial charge in [0.2, 0.25) is 0 Å². The number of hydrogen-bond acceptors (Lipinski definition) is 5. The van der Waals surface area contributed by atoms with Gasteiger partial charge >= 0.3 is 0 Å². The number of sulfone groups is 1. The number of hydrogen-bond donors (Lipinski definition) is 2. The van der Waals surface area contributed by atoms with Gasteiger partial charge in [0.1, 0.15) is 11.5 Å². The highest BCUT2D eigenvalue weighted by Gasteiger charge is 2.32. The minimum Gasteiger partial charge on any atom is -0.508 e. The number of nitrogens with zero attached hydrogens (tertiary/aromatic N) is 1. The minimum absolute atomic E-state index is 0.177. The van der Waals surface area contributed by atoms with E-state index >= 15 is 0 Å². The Labute approximate surface area is 200 Å². The number of benzene rings is 2. The summed E-state index contributed by atoms with van der Waals surface area (Å²) in [7, 11) is -3.00. The Kier molecular flexibility index (Phi) is 10.7. The molecule has 1 aliphatic heterocycles. The van der Waals surface area contributed by atoms with Crippen molar-refractivity contribution in [1.82, 2.24) is 4.90 Å². The van der Waals surface area contributed by atoms with Crippen LogP contribution in [0.4, 0.5) is 0 Å². The van der Waals surface area contributed by atoms with Gasteiger partial charge in [0.05, 0.1) is 4.90 Å². The summed E-state index contributed by atoms with van der Waals surface area (Å²) < 4.78 is 21.7. The Morgan fingerprint density at radius 3 is 2.12 bits per heavy atom. The summed E-state index contributed by atoms with van der Waals surface area (Å²) in [6.45, 7) is 9.11. The molecule has 0 saturated carbocycles. The molecule has 184 valence electrons. The van der Waals surface area contributed by atoms with Crippen LogP contribution in [0.25, 0.3) is 0 Å². The van der Waals surface area contributed by atoms with E-state index in [0.717, 1.165) is 29.9 Å². The Bertz CT molecular complexity index is 956. The molecule has 0 bridgehead atoms. The number of unbranched alkanes of at least 4 members (excludes halogenated alkanes) is 3. The first-order chi connectivity index (χ1) is 15.7. The minimum atomic E-state index is -3.00. The van der Waals surface area contributed by atoms with Crippen LogP contribution in [-0.2, 0) is 22.7 Å². The summed E-state index contributed by atoms with van der Waals surface area (Å²) in [5.74, 6) is 1.23. The highest BCUT2D eigenvalue weighted by molar-refractivity contribution is 7.90. The Balaban J connectivity index is 0.000000205. The summed E-state index contributed by atoms with van der Waals surface area (Å²) >= 11 is 0. The standard InChI is InChI=1S/C14H19NO2.C7H8O2S.C6H14/c1-9-2-3-15(8-9)11-4-10-5-12(16)7-14(17)13(10)6-11;1-10(8,9)7-5-3-2-4-6-7;1-3-5-6-4-2/h5,7,9,11,16-17H,2-4,6,8H2,1H3;2-6H,1H3;3-6H2,1-2H3. The van der Waals surface area contributed by atoms with Crippen molar-refractivity contribution in [3.8, 4) is 11.5 Å². The van der Waals surface area contributed by atoms with Gasteiger partial charge < -0.3 is 10.2 Å². The molecule has 1 aliphatic carbocycles. The zero-order valence-corrected chi connectivity index (χ0v) is 21.4. The third-order valence-corrected chi connectivity index (χ3v) is 7.43. The van der Waals surface area contributed by atoms with E-state index in [1.54, 1.807) is 36.4 Å². The summed E-state index contributed by atoms with van der Waals surface area (Å²) in [4.78, 5) is 2.90. The Morgan fingerprint density at radius 1 is 1.00 bits per heavy atom. The first-order valence-electron chi connectivity index (χ1n) is 12.2. The first-order valence-corrected chi connectivity index (χ1v) is 14.1. The van der Waals surface area contributed by atoms with E-state index in [1.165, 1.54) is 57.5 Å².